The molecule has 2 aromatic rings. The molecular weight excluding hydrogens is 337 g/mol. The maximum absolute atomic E-state index is 13.6. The topological polar surface area (TPSA) is 78.5 Å². The molecule has 0 bridgehead atoms. The maximum atomic E-state index is 13.6. The van der Waals surface area contributed by atoms with Gasteiger partial charge < -0.3 is 10.6 Å². The van der Waals surface area contributed by atoms with Gasteiger partial charge in [0.25, 0.3) is 5.91 Å². The highest BCUT2D eigenvalue weighted by molar-refractivity contribution is 6.09. The van der Waals surface area contributed by atoms with Crippen LogP contribution in [0.3, 0.4) is 0 Å². The summed E-state index contributed by atoms with van der Waals surface area (Å²) in [6, 6.07) is 14.2. The van der Waals surface area contributed by atoms with Crippen LogP contribution in [0.25, 0.3) is 0 Å². The molecule has 0 spiro atoms. The number of imide groups is 1. The molecule has 0 aliphatic carbocycles. The lowest BCUT2D eigenvalue weighted by atomic mass is 9.92. The first-order valence-corrected chi connectivity index (χ1v) is 8.11. The van der Waals surface area contributed by atoms with Crippen LogP contribution in [0.2, 0.25) is 0 Å². The Morgan fingerprint density at radius 3 is 2.46 bits per heavy atom. The van der Waals surface area contributed by atoms with Gasteiger partial charge in [0.05, 0.1) is 0 Å². The van der Waals surface area contributed by atoms with Crippen LogP contribution < -0.4 is 10.6 Å². The highest BCUT2D eigenvalue weighted by Crippen LogP contribution is 2.28. The van der Waals surface area contributed by atoms with Gasteiger partial charge in [-0.2, -0.15) is 0 Å². The van der Waals surface area contributed by atoms with E-state index in [1.807, 2.05) is 6.07 Å². The number of benzene rings is 2. The number of nitrogens with one attached hydrogen (secondary N) is 2. The van der Waals surface area contributed by atoms with E-state index in [0.717, 1.165) is 4.90 Å². The molecule has 0 saturated carbocycles. The molecule has 1 heterocycles. The zero-order chi connectivity index (χ0) is 18.7. The Labute approximate surface area is 150 Å². The lowest BCUT2D eigenvalue weighted by Crippen LogP contribution is -2.43. The predicted molar refractivity (Wildman–Crippen MR) is 92.3 cm³/mol. The number of urea groups is 1. The molecule has 2 aromatic carbocycles. The Morgan fingerprint density at radius 2 is 1.77 bits per heavy atom. The smallest absolute Gasteiger partial charge is 0.325 e. The molecule has 1 saturated heterocycles. The van der Waals surface area contributed by atoms with Gasteiger partial charge in [0, 0.05) is 12.1 Å². The Kier molecular flexibility index (Phi) is 4.71. The second-order valence-electron chi connectivity index (χ2n) is 6.18. The van der Waals surface area contributed by atoms with Crippen LogP contribution >= 0.6 is 0 Å². The summed E-state index contributed by atoms with van der Waals surface area (Å²) in [7, 11) is 0. The fourth-order valence-corrected chi connectivity index (χ4v) is 2.84. The minimum absolute atomic E-state index is 0.0227. The maximum Gasteiger partial charge on any atom is 0.325 e. The van der Waals surface area contributed by atoms with Gasteiger partial charge in [0.2, 0.25) is 5.91 Å². The Balaban J connectivity index is 1.66. The number of hydrogen-bond acceptors (Lipinski definition) is 3. The van der Waals surface area contributed by atoms with Gasteiger partial charge >= 0.3 is 6.03 Å². The monoisotopic (exact) mass is 355 g/mol. The van der Waals surface area contributed by atoms with Crippen molar-refractivity contribution in [2.45, 2.75) is 19.0 Å². The van der Waals surface area contributed by atoms with E-state index < -0.39 is 35.7 Å². The summed E-state index contributed by atoms with van der Waals surface area (Å²) in [5.74, 6) is -1.48. The van der Waals surface area contributed by atoms with Crippen molar-refractivity contribution in [2.24, 2.45) is 0 Å². The summed E-state index contributed by atoms with van der Waals surface area (Å²) in [6.07, 6.45) is 0. The van der Waals surface area contributed by atoms with E-state index in [4.69, 9.17) is 0 Å². The van der Waals surface area contributed by atoms with E-state index in [1.165, 1.54) is 6.07 Å². The van der Waals surface area contributed by atoms with Gasteiger partial charge in [0.1, 0.15) is 17.9 Å². The molecule has 3 rings (SSSR count). The van der Waals surface area contributed by atoms with Crippen molar-refractivity contribution in [3.05, 3.63) is 71.5 Å². The fraction of sp³-hybridized carbons (Fsp3) is 0.211. The molecule has 2 N–H and O–H groups in total. The number of halogens is 1. The second-order valence-corrected chi connectivity index (χ2v) is 6.18. The van der Waals surface area contributed by atoms with E-state index >= 15 is 0 Å². The van der Waals surface area contributed by atoms with E-state index in [-0.39, 0.29) is 6.54 Å². The van der Waals surface area contributed by atoms with Gasteiger partial charge in [-0.05, 0) is 18.6 Å². The molecule has 26 heavy (non-hydrogen) atoms. The van der Waals surface area contributed by atoms with E-state index in [1.54, 1.807) is 49.4 Å². The molecule has 1 atom stereocenters. The van der Waals surface area contributed by atoms with Crippen molar-refractivity contribution >= 4 is 17.8 Å². The lowest BCUT2D eigenvalue weighted by molar-refractivity contribution is -0.134. The van der Waals surface area contributed by atoms with Crippen molar-refractivity contribution in [3.63, 3.8) is 0 Å². The summed E-state index contributed by atoms with van der Waals surface area (Å²) in [5, 5.41) is 5.15. The van der Waals surface area contributed by atoms with Crippen LogP contribution in [0.15, 0.2) is 54.6 Å². The van der Waals surface area contributed by atoms with E-state index in [9.17, 15) is 18.8 Å². The summed E-state index contributed by atoms with van der Waals surface area (Å²) in [5.41, 5.74) is -0.260. The normalized spacial score (nSPS) is 19.4. The quantitative estimate of drug-likeness (QED) is 0.804. The second kappa shape index (κ2) is 6.95. The van der Waals surface area contributed by atoms with Gasteiger partial charge in [0.15, 0.2) is 0 Å². The predicted octanol–water partition coefficient (Wildman–Crippen LogP) is 1.91. The highest BCUT2D eigenvalue weighted by Gasteiger charge is 2.49. The molecule has 4 amide bonds. The summed E-state index contributed by atoms with van der Waals surface area (Å²) < 4.78 is 13.6. The fourth-order valence-electron chi connectivity index (χ4n) is 2.84. The van der Waals surface area contributed by atoms with Crippen LogP contribution in [0.1, 0.15) is 18.1 Å². The minimum atomic E-state index is -1.22. The molecule has 7 heteroatoms. The number of hydrogen-bond donors (Lipinski definition) is 2. The molecule has 0 unspecified atom stereocenters. The van der Waals surface area contributed by atoms with Crippen molar-refractivity contribution in [3.8, 4) is 0 Å². The zero-order valence-corrected chi connectivity index (χ0v) is 14.2. The summed E-state index contributed by atoms with van der Waals surface area (Å²) in [4.78, 5) is 37.9. The number of carbonyl (C=O) groups excluding carboxylic acids is 3. The number of carbonyl (C=O) groups is 3. The molecule has 0 aromatic heterocycles. The van der Waals surface area contributed by atoms with Crippen molar-refractivity contribution in [1.82, 2.24) is 15.5 Å². The lowest BCUT2D eigenvalue weighted by Gasteiger charge is -2.22. The minimum Gasteiger partial charge on any atom is -0.350 e. The molecule has 134 valence electrons. The van der Waals surface area contributed by atoms with Gasteiger partial charge in [-0.25, -0.2) is 9.18 Å². The zero-order valence-electron chi connectivity index (χ0n) is 14.2. The third-order valence-electron chi connectivity index (χ3n) is 4.36. The number of amides is 4. The van der Waals surface area contributed by atoms with Gasteiger partial charge in [-0.15, -0.1) is 0 Å². The van der Waals surface area contributed by atoms with E-state index in [0.29, 0.717) is 11.1 Å². The average Bonchev–Trinajstić information content (AvgIpc) is 2.86. The Bertz CT molecular complexity index is 856. The number of nitrogens with zero attached hydrogens (tertiary/aromatic N) is 1. The van der Waals surface area contributed by atoms with Crippen molar-refractivity contribution in [2.75, 3.05) is 6.54 Å². The van der Waals surface area contributed by atoms with Crippen LogP contribution in [0.5, 0.6) is 0 Å². The largest absolute Gasteiger partial charge is 0.350 e. The standard InChI is InChI=1S/C19H18FN3O3/c1-19(14-8-3-2-4-9-14)17(25)23(18(26)22-19)12-16(24)21-11-13-7-5-6-10-15(13)20/h2-10H,11-12H2,1H3,(H,21,24)(H,22,26)/t19-/m0/s1. The van der Waals surface area contributed by atoms with Crippen molar-refractivity contribution < 1.29 is 18.8 Å². The third kappa shape index (κ3) is 3.28. The van der Waals surface area contributed by atoms with Crippen LogP contribution in [-0.2, 0) is 21.7 Å². The molecule has 1 aliphatic heterocycles. The Hall–Kier alpha value is -3.22. The SMILES string of the molecule is C[C@@]1(c2ccccc2)NC(=O)N(CC(=O)NCc2ccccc2F)C1=O. The average molecular weight is 355 g/mol. The van der Waals surface area contributed by atoms with Crippen LogP contribution in [0.4, 0.5) is 9.18 Å². The molecule has 1 aliphatic rings. The van der Waals surface area contributed by atoms with Crippen LogP contribution in [0, 0.1) is 5.82 Å². The first-order valence-electron chi connectivity index (χ1n) is 8.11. The summed E-state index contributed by atoms with van der Waals surface area (Å²) in [6.45, 7) is 1.15. The van der Waals surface area contributed by atoms with Gasteiger partial charge in [-0.3, -0.25) is 14.5 Å². The third-order valence-corrected chi connectivity index (χ3v) is 4.36. The van der Waals surface area contributed by atoms with Crippen molar-refractivity contribution in [1.29, 1.82) is 0 Å². The number of rotatable bonds is 5. The van der Waals surface area contributed by atoms with Crippen LogP contribution in [-0.4, -0.2) is 29.3 Å². The van der Waals surface area contributed by atoms with Gasteiger partial charge in [-0.1, -0.05) is 48.5 Å². The molecular formula is C19H18FN3O3. The Morgan fingerprint density at radius 1 is 1.12 bits per heavy atom. The first kappa shape index (κ1) is 17.6. The molecule has 1 fully saturated rings. The molecule has 0 radical (unpaired) electrons. The summed E-state index contributed by atoms with van der Waals surface area (Å²) >= 11 is 0. The van der Waals surface area contributed by atoms with E-state index in [2.05, 4.69) is 10.6 Å². The molecule has 6 nitrogen and oxygen atoms in total. The first-order chi connectivity index (χ1) is 12.4. The highest BCUT2D eigenvalue weighted by atomic mass is 19.1.